The van der Waals surface area contributed by atoms with Crippen molar-refractivity contribution in [3.63, 3.8) is 0 Å². The molecule has 3 rings (SSSR count). The predicted molar refractivity (Wildman–Crippen MR) is 85.7 cm³/mol. The maximum Gasteiger partial charge on any atom is 0.402 e. The van der Waals surface area contributed by atoms with Crippen LogP contribution in [0.1, 0.15) is 44.1 Å². The molecular formula is C16H24N5O2+. The Morgan fingerprint density at radius 1 is 1.17 bits per heavy atom. The van der Waals surface area contributed by atoms with Gasteiger partial charge in [-0.1, -0.05) is 18.8 Å². The second-order valence-corrected chi connectivity index (χ2v) is 6.20. The molecule has 2 aliphatic heterocycles. The maximum atomic E-state index is 12.9. The third kappa shape index (κ3) is 2.02. The number of nitrogens with zero attached hydrogens (tertiary/aromatic N) is 5. The van der Waals surface area contributed by atoms with Gasteiger partial charge < -0.3 is 0 Å². The minimum atomic E-state index is -0.518. The molecule has 7 heteroatoms. The molecule has 3 heterocycles. The van der Waals surface area contributed by atoms with Crippen LogP contribution in [0, 0.1) is 13.8 Å². The normalized spacial score (nSPS) is 20.0. The number of hydrogen-bond acceptors (Lipinski definition) is 3. The molecule has 23 heavy (non-hydrogen) atoms. The molecule has 0 radical (unpaired) electrons. The number of amidine groups is 1. The van der Waals surface area contributed by atoms with Crippen molar-refractivity contribution >= 4 is 23.7 Å². The monoisotopic (exact) mass is 318 g/mol. The average molecular weight is 318 g/mol. The number of aromatic nitrogens is 2. The molecule has 0 N–H and O–H groups in total. The van der Waals surface area contributed by atoms with Crippen LogP contribution in [0.25, 0.3) is 0 Å². The van der Waals surface area contributed by atoms with Gasteiger partial charge in [0.25, 0.3) is 5.91 Å². The highest BCUT2D eigenvalue weighted by Crippen LogP contribution is 2.35. The van der Waals surface area contributed by atoms with Gasteiger partial charge in [0.15, 0.2) is 0 Å². The summed E-state index contributed by atoms with van der Waals surface area (Å²) < 4.78 is 4.12. The number of aliphatic imine (C=N–C) groups is 1. The van der Waals surface area contributed by atoms with E-state index in [1.807, 2.05) is 18.4 Å². The predicted octanol–water partition coefficient (Wildman–Crippen LogP) is 1.69. The fourth-order valence-electron chi connectivity index (χ4n) is 3.42. The van der Waals surface area contributed by atoms with Gasteiger partial charge in [-0.15, -0.1) is 0 Å². The first-order chi connectivity index (χ1) is 10.9. The van der Waals surface area contributed by atoms with E-state index < -0.39 is 6.04 Å². The Labute approximate surface area is 136 Å². The maximum absolute atomic E-state index is 12.9. The van der Waals surface area contributed by atoms with Gasteiger partial charge in [-0.2, -0.15) is 0 Å². The standard InChI is InChI=1S/C16H24N5O2/c1-6-8-19-10(3)11(4)21-12-13(17-15(19)21)18(5)16(23)20(9-7-2)14(12)22/h12H,6-9H2,1-5H3/q+1. The molecule has 124 valence electrons. The van der Waals surface area contributed by atoms with Crippen molar-refractivity contribution < 1.29 is 14.2 Å². The first kappa shape index (κ1) is 15.7. The fourth-order valence-corrected chi connectivity index (χ4v) is 3.42. The molecule has 1 saturated heterocycles. The zero-order chi connectivity index (χ0) is 16.9. The number of hydrogen-bond donors (Lipinski definition) is 0. The number of likely N-dealkylation sites (N-methyl/N-ethyl adjacent to an activating group) is 1. The van der Waals surface area contributed by atoms with Crippen molar-refractivity contribution in [3.8, 4) is 0 Å². The lowest BCUT2D eigenvalue weighted by molar-refractivity contribution is -0.689. The van der Waals surface area contributed by atoms with Gasteiger partial charge in [0.05, 0.1) is 6.54 Å². The van der Waals surface area contributed by atoms with E-state index in [0.717, 1.165) is 36.7 Å². The summed E-state index contributed by atoms with van der Waals surface area (Å²) in [4.78, 5) is 32.9. The van der Waals surface area contributed by atoms with E-state index in [2.05, 4.69) is 23.4 Å². The molecule has 1 aromatic rings. The second kappa shape index (κ2) is 5.47. The lowest BCUT2D eigenvalue weighted by atomic mass is 10.1. The molecule has 0 aliphatic carbocycles. The zero-order valence-electron chi connectivity index (χ0n) is 14.5. The van der Waals surface area contributed by atoms with E-state index in [4.69, 9.17) is 0 Å². The lowest BCUT2D eigenvalue weighted by Crippen LogP contribution is -2.57. The van der Waals surface area contributed by atoms with Gasteiger partial charge in [-0.25, -0.2) is 13.9 Å². The number of urea groups is 1. The van der Waals surface area contributed by atoms with Crippen molar-refractivity contribution in [1.29, 1.82) is 0 Å². The number of imide groups is 1. The number of amides is 3. The molecule has 7 nitrogen and oxygen atoms in total. The minimum Gasteiger partial charge on any atom is -0.270 e. The highest BCUT2D eigenvalue weighted by molar-refractivity contribution is 6.20. The summed E-state index contributed by atoms with van der Waals surface area (Å²) in [5.74, 6) is 1.14. The third-order valence-electron chi connectivity index (χ3n) is 4.72. The van der Waals surface area contributed by atoms with Crippen LogP contribution in [0.4, 0.5) is 10.7 Å². The number of fused-ring (bicyclic) bond motifs is 3. The molecule has 1 unspecified atom stereocenters. The molecule has 0 bridgehead atoms. The number of rotatable bonds is 4. The van der Waals surface area contributed by atoms with E-state index in [0.29, 0.717) is 12.4 Å². The molecule has 0 saturated carbocycles. The minimum absolute atomic E-state index is 0.172. The molecule has 3 amide bonds. The van der Waals surface area contributed by atoms with Crippen LogP contribution >= 0.6 is 0 Å². The van der Waals surface area contributed by atoms with Crippen molar-refractivity contribution in [2.75, 3.05) is 13.6 Å². The van der Waals surface area contributed by atoms with Crippen LogP contribution < -0.4 is 4.57 Å². The van der Waals surface area contributed by atoms with E-state index in [9.17, 15) is 9.59 Å². The van der Waals surface area contributed by atoms with Gasteiger partial charge in [-0.3, -0.25) is 14.6 Å². The zero-order valence-corrected chi connectivity index (χ0v) is 14.5. The van der Waals surface area contributed by atoms with Gasteiger partial charge in [0, 0.05) is 13.6 Å². The van der Waals surface area contributed by atoms with Crippen LogP contribution in [0.2, 0.25) is 0 Å². The van der Waals surface area contributed by atoms with Gasteiger partial charge in [-0.05, 0) is 26.7 Å². The Hall–Kier alpha value is -2.18. The number of imidazole rings is 1. The largest absolute Gasteiger partial charge is 0.402 e. The Kier molecular flexibility index (Phi) is 3.74. The fraction of sp³-hybridized carbons (Fsp3) is 0.625. The summed E-state index contributed by atoms with van der Waals surface area (Å²) in [7, 11) is 1.70. The second-order valence-electron chi connectivity index (χ2n) is 6.20. The van der Waals surface area contributed by atoms with E-state index >= 15 is 0 Å². The molecule has 1 fully saturated rings. The third-order valence-corrected chi connectivity index (χ3v) is 4.72. The van der Waals surface area contributed by atoms with Crippen molar-refractivity contribution in [1.82, 2.24) is 14.4 Å². The van der Waals surface area contributed by atoms with Crippen LogP contribution in [-0.2, 0) is 11.3 Å². The average Bonchev–Trinajstić information content (AvgIpc) is 3.02. The summed E-state index contributed by atoms with van der Waals surface area (Å²) in [6.07, 6.45) is 1.74. The van der Waals surface area contributed by atoms with E-state index in [1.165, 1.54) is 9.80 Å². The van der Waals surface area contributed by atoms with Gasteiger partial charge in [0.2, 0.25) is 11.9 Å². The number of carbonyl (C=O) groups is 2. The Bertz CT molecular complexity index is 719. The van der Waals surface area contributed by atoms with Gasteiger partial charge in [0.1, 0.15) is 11.4 Å². The van der Waals surface area contributed by atoms with Crippen molar-refractivity contribution in [2.24, 2.45) is 4.99 Å². The SMILES string of the molecule is CCCN1C(=O)C2C(=Nc3n2c(C)c(C)[n+]3CCC)N(C)C1=O. The van der Waals surface area contributed by atoms with Crippen LogP contribution in [0.3, 0.4) is 0 Å². The Morgan fingerprint density at radius 3 is 2.48 bits per heavy atom. The smallest absolute Gasteiger partial charge is 0.270 e. The van der Waals surface area contributed by atoms with E-state index in [-0.39, 0.29) is 11.9 Å². The summed E-state index contributed by atoms with van der Waals surface area (Å²) in [5.41, 5.74) is 2.16. The van der Waals surface area contributed by atoms with Crippen molar-refractivity contribution in [3.05, 3.63) is 11.4 Å². The summed E-state index contributed by atoms with van der Waals surface area (Å²) >= 11 is 0. The van der Waals surface area contributed by atoms with Crippen LogP contribution in [0.5, 0.6) is 0 Å². The van der Waals surface area contributed by atoms with Gasteiger partial charge >= 0.3 is 12.0 Å². The molecular weight excluding hydrogens is 294 g/mol. The Morgan fingerprint density at radius 2 is 1.87 bits per heavy atom. The highest BCUT2D eigenvalue weighted by Gasteiger charge is 2.53. The molecule has 1 atom stereocenters. The summed E-state index contributed by atoms with van der Waals surface area (Å²) in [5, 5.41) is 0. The van der Waals surface area contributed by atoms with Crippen LogP contribution in [0.15, 0.2) is 4.99 Å². The Balaban J connectivity index is 2.14. The highest BCUT2D eigenvalue weighted by atomic mass is 16.2. The molecule has 0 aromatic carbocycles. The lowest BCUT2D eigenvalue weighted by Gasteiger charge is -2.33. The summed E-state index contributed by atoms with van der Waals surface area (Å²) in [6, 6.07) is -0.801. The van der Waals surface area contributed by atoms with Crippen molar-refractivity contribution in [2.45, 2.75) is 53.1 Å². The van der Waals surface area contributed by atoms with E-state index in [1.54, 1.807) is 7.05 Å². The number of carbonyl (C=O) groups excluding carboxylic acids is 2. The van der Waals surface area contributed by atoms with Crippen LogP contribution in [-0.4, -0.2) is 45.7 Å². The quantitative estimate of drug-likeness (QED) is 0.793. The molecule has 0 spiro atoms. The molecule has 1 aromatic heterocycles. The topological polar surface area (TPSA) is 61.8 Å². The summed E-state index contributed by atoms with van der Waals surface area (Å²) in [6.45, 7) is 9.43. The molecule has 2 aliphatic rings. The first-order valence-electron chi connectivity index (χ1n) is 8.22. The first-order valence-corrected chi connectivity index (χ1v) is 8.22.